The number of para-hydroxylation sites is 2. The van der Waals surface area contributed by atoms with Crippen LogP contribution in [0.3, 0.4) is 0 Å². The molecule has 4 aromatic rings. The van der Waals surface area contributed by atoms with Crippen molar-refractivity contribution in [2.75, 3.05) is 6.54 Å². The van der Waals surface area contributed by atoms with Crippen LogP contribution in [0, 0.1) is 0 Å². The third kappa shape index (κ3) is 4.90. The third-order valence-corrected chi connectivity index (χ3v) is 6.26. The van der Waals surface area contributed by atoms with Gasteiger partial charge in [-0.15, -0.1) is 0 Å². The van der Waals surface area contributed by atoms with Gasteiger partial charge in [0.05, 0.1) is 22.6 Å². The number of benzene rings is 3. The molecular formula is C28H28ClN3O2. The fraction of sp³-hybridized carbons (Fsp3) is 0.250. The second-order valence-electron chi connectivity index (χ2n) is 8.35. The van der Waals surface area contributed by atoms with Gasteiger partial charge in [-0.25, -0.2) is 4.98 Å². The number of fused-ring (bicyclic) bond motifs is 1. The predicted molar refractivity (Wildman–Crippen MR) is 138 cm³/mol. The minimum atomic E-state index is -0.433. The van der Waals surface area contributed by atoms with E-state index >= 15 is 0 Å². The third-order valence-electron chi connectivity index (χ3n) is 6.01. The molecule has 0 aliphatic heterocycles. The van der Waals surface area contributed by atoms with Gasteiger partial charge in [-0.05, 0) is 61.9 Å². The average Bonchev–Trinajstić information content (AvgIpc) is 2.87. The first kappa shape index (κ1) is 23.7. The average molecular weight is 474 g/mol. The van der Waals surface area contributed by atoms with Crippen LogP contribution in [0.15, 0.2) is 83.7 Å². The molecule has 0 radical (unpaired) electrons. The molecule has 3 aromatic carbocycles. The van der Waals surface area contributed by atoms with Crippen LogP contribution in [0.2, 0.25) is 5.02 Å². The van der Waals surface area contributed by atoms with Crippen molar-refractivity contribution in [3.05, 3.63) is 106 Å². The summed E-state index contributed by atoms with van der Waals surface area (Å²) >= 11 is 6.05. The van der Waals surface area contributed by atoms with Crippen LogP contribution in [0.1, 0.15) is 55.3 Å². The van der Waals surface area contributed by atoms with Gasteiger partial charge in [0.1, 0.15) is 5.82 Å². The number of aromatic nitrogens is 2. The molecule has 0 aliphatic carbocycles. The Labute approximate surface area is 204 Å². The maximum atomic E-state index is 13.6. The fourth-order valence-corrected chi connectivity index (χ4v) is 4.28. The van der Waals surface area contributed by atoms with E-state index in [1.54, 1.807) is 34.9 Å². The van der Waals surface area contributed by atoms with E-state index in [1.165, 1.54) is 0 Å². The van der Waals surface area contributed by atoms with Crippen molar-refractivity contribution < 1.29 is 4.79 Å². The lowest BCUT2D eigenvalue weighted by atomic mass is 10.1. The highest BCUT2D eigenvalue weighted by molar-refractivity contribution is 6.30. The fourth-order valence-electron chi connectivity index (χ4n) is 4.16. The Morgan fingerprint density at radius 3 is 2.35 bits per heavy atom. The molecule has 0 spiro atoms. The molecule has 5 nitrogen and oxygen atoms in total. The summed E-state index contributed by atoms with van der Waals surface area (Å²) in [6, 6.07) is 23.3. The number of hydrogen-bond donors (Lipinski definition) is 0. The Bertz CT molecular complexity index is 1330. The summed E-state index contributed by atoms with van der Waals surface area (Å²) < 4.78 is 1.63. The molecule has 174 valence electrons. The van der Waals surface area contributed by atoms with Gasteiger partial charge in [0.25, 0.3) is 11.5 Å². The van der Waals surface area contributed by atoms with Crippen LogP contribution in [-0.4, -0.2) is 26.9 Å². The van der Waals surface area contributed by atoms with Gasteiger partial charge in [-0.2, -0.15) is 0 Å². The molecule has 0 aliphatic rings. The molecular weight excluding hydrogens is 446 g/mol. The van der Waals surface area contributed by atoms with Crippen LogP contribution >= 0.6 is 11.6 Å². The van der Waals surface area contributed by atoms with Gasteiger partial charge in [-0.1, -0.05) is 61.7 Å². The monoisotopic (exact) mass is 473 g/mol. The molecule has 0 bridgehead atoms. The lowest BCUT2D eigenvalue weighted by Gasteiger charge is -2.31. The summed E-state index contributed by atoms with van der Waals surface area (Å²) in [4.78, 5) is 34.0. The molecule has 0 saturated carbocycles. The number of amides is 1. The first-order chi connectivity index (χ1) is 16.5. The highest BCUT2D eigenvalue weighted by atomic mass is 35.5. The summed E-state index contributed by atoms with van der Waals surface area (Å²) in [6.07, 6.45) is 2.91. The van der Waals surface area contributed by atoms with E-state index in [1.807, 2.05) is 60.4 Å². The zero-order chi connectivity index (χ0) is 24.1. The van der Waals surface area contributed by atoms with Crippen LogP contribution < -0.4 is 5.56 Å². The van der Waals surface area contributed by atoms with Crippen molar-refractivity contribution >= 4 is 28.4 Å². The van der Waals surface area contributed by atoms with E-state index in [2.05, 4.69) is 6.92 Å². The molecule has 1 heterocycles. The zero-order valence-electron chi connectivity index (χ0n) is 19.4. The summed E-state index contributed by atoms with van der Waals surface area (Å²) in [5, 5.41) is 1.13. The van der Waals surface area contributed by atoms with Crippen LogP contribution in [0.25, 0.3) is 16.6 Å². The van der Waals surface area contributed by atoms with Crippen molar-refractivity contribution in [1.29, 1.82) is 0 Å². The maximum absolute atomic E-state index is 13.6. The molecule has 4 rings (SSSR count). The minimum Gasteiger partial charge on any atom is -0.329 e. The second-order valence-corrected chi connectivity index (χ2v) is 8.79. The number of carbonyl (C=O) groups is 1. The number of unbranched alkanes of at least 4 members (excludes halogenated alkanes) is 2. The molecule has 1 aromatic heterocycles. The van der Waals surface area contributed by atoms with E-state index < -0.39 is 6.04 Å². The van der Waals surface area contributed by atoms with Crippen molar-refractivity contribution in [3.63, 3.8) is 0 Å². The molecule has 6 heteroatoms. The Hall–Kier alpha value is -3.44. The lowest BCUT2D eigenvalue weighted by Crippen LogP contribution is -2.38. The number of hydrogen-bond acceptors (Lipinski definition) is 3. The smallest absolute Gasteiger partial charge is 0.266 e. The van der Waals surface area contributed by atoms with Gasteiger partial charge in [0, 0.05) is 17.1 Å². The van der Waals surface area contributed by atoms with Crippen molar-refractivity contribution in [2.24, 2.45) is 0 Å². The summed E-state index contributed by atoms with van der Waals surface area (Å²) in [5.74, 6) is 0.427. The molecule has 0 fully saturated rings. The molecule has 34 heavy (non-hydrogen) atoms. The molecule has 0 saturated heterocycles. The molecule has 1 unspecified atom stereocenters. The standard InChI is InChI=1S/C28H28ClN3O2/c1-3-4-10-19-31(27(33)21-15-17-22(29)18-16-21)20(2)26-30-25-14-9-8-13-24(25)28(34)32(26)23-11-6-5-7-12-23/h5-9,11-18,20H,3-4,10,19H2,1-2H3. The van der Waals surface area contributed by atoms with Crippen molar-refractivity contribution in [1.82, 2.24) is 14.5 Å². The highest BCUT2D eigenvalue weighted by Gasteiger charge is 2.27. The van der Waals surface area contributed by atoms with Gasteiger partial charge in [-0.3, -0.25) is 14.2 Å². The Morgan fingerprint density at radius 1 is 0.971 bits per heavy atom. The first-order valence-corrected chi connectivity index (χ1v) is 12.0. The molecule has 1 atom stereocenters. The number of carbonyl (C=O) groups excluding carboxylic acids is 1. The summed E-state index contributed by atoms with van der Waals surface area (Å²) in [6.45, 7) is 4.64. The summed E-state index contributed by atoms with van der Waals surface area (Å²) in [7, 11) is 0. The highest BCUT2D eigenvalue weighted by Crippen LogP contribution is 2.25. The summed E-state index contributed by atoms with van der Waals surface area (Å²) in [5.41, 5.74) is 1.75. The van der Waals surface area contributed by atoms with Gasteiger partial charge in [0.2, 0.25) is 0 Å². The number of halogens is 1. The van der Waals surface area contributed by atoms with E-state index in [-0.39, 0.29) is 11.5 Å². The predicted octanol–water partition coefficient (Wildman–Crippen LogP) is 6.43. The Kier molecular flexibility index (Phi) is 7.43. The van der Waals surface area contributed by atoms with E-state index in [0.29, 0.717) is 33.9 Å². The van der Waals surface area contributed by atoms with Crippen LogP contribution in [0.5, 0.6) is 0 Å². The normalized spacial score (nSPS) is 12.0. The first-order valence-electron chi connectivity index (χ1n) is 11.6. The number of nitrogens with zero attached hydrogens (tertiary/aromatic N) is 3. The topological polar surface area (TPSA) is 55.2 Å². The Balaban J connectivity index is 1.86. The zero-order valence-corrected chi connectivity index (χ0v) is 20.2. The second kappa shape index (κ2) is 10.7. The SMILES string of the molecule is CCCCCN(C(=O)c1ccc(Cl)cc1)C(C)c1nc2ccccc2c(=O)n1-c1ccccc1. The van der Waals surface area contributed by atoms with E-state index in [9.17, 15) is 9.59 Å². The lowest BCUT2D eigenvalue weighted by molar-refractivity contribution is 0.0677. The van der Waals surface area contributed by atoms with Gasteiger partial charge < -0.3 is 4.90 Å². The van der Waals surface area contributed by atoms with Gasteiger partial charge in [0.15, 0.2) is 0 Å². The number of rotatable bonds is 8. The van der Waals surface area contributed by atoms with E-state index in [0.717, 1.165) is 24.9 Å². The van der Waals surface area contributed by atoms with Gasteiger partial charge >= 0.3 is 0 Å². The van der Waals surface area contributed by atoms with Crippen molar-refractivity contribution in [2.45, 2.75) is 39.2 Å². The minimum absolute atomic E-state index is 0.109. The largest absolute Gasteiger partial charge is 0.329 e. The van der Waals surface area contributed by atoms with E-state index in [4.69, 9.17) is 16.6 Å². The van der Waals surface area contributed by atoms with Crippen LogP contribution in [0.4, 0.5) is 0 Å². The van der Waals surface area contributed by atoms with Crippen molar-refractivity contribution in [3.8, 4) is 5.69 Å². The molecule has 0 N–H and O–H groups in total. The maximum Gasteiger partial charge on any atom is 0.266 e. The quantitative estimate of drug-likeness (QED) is 0.277. The Morgan fingerprint density at radius 2 is 1.65 bits per heavy atom. The molecule has 1 amide bonds. The van der Waals surface area contributed by atoms with Crippen LogP contribution in [-0.2, 0) is 0 Å².